The van der Waals surface area contributed by atoms with Crippen LogP contribution in [-0.4, -0.2) is 51.6 Å². The second-order valence-electron chi connectivity index (χ2n) is 6.55. The highest BCUT2D eigenvalue weighted by molar-refractivity contribution is 5.99. The Morgan fingerprint density at radius 2 is 1.91 bits per heavy atom. The van der Waals surface area contributed by atoms with Gasteiger partial charge in [0.1, 0.15) is 5.82 Å². The molecular formula is C17H23N5O. The van der Waals surface area contributed by atoms with Crippen molar-refractivity contribution in [2.24, 2.45) is 0 Å². The van der Waals surface area contributed by atoms with Gasteiger partial charge in [-0.3, -0.25) is 9.20 Å². The maximum atomic E-state index is 12.8. The third-order valence-corrected chi connectivity index (χ3v) is 5.07. The Labute approximate surface area is 135 Å². The van der Waals surface area contributed by atoms with Crippen LogP contribution in [-0.2, 0) is 0 Å². The van der Waals surface area contributed by atoms with Gasteiger partial charge >= 0.3 is 0 Å². The first-order valence-electron chi connectivity index (χ1n) is 8.68. The number of nitrogens with zero attached hydrogens (tertiary/aromatic N) is 4. The van der Waals surface area contributed by atoms with E-state index in [4.69, 9.17) is 0 Å². The van der Waals surface area contributed by atoms with E-state index in [9.17, 15) is 4.79 Å². The molecule has 23 heavy (non-hydrogen) atoms. The summed E-state index contributed by atoms with van der Waals surface area (Å²) in [5, 5.41) is 12.1. The first-order chi connectivity index (χ1) is 11.3. The second kappa shape index (κ2) is 6.28. The maximum absolute atomic E-state index is 12.8. The average molecular weight is 313 g/mol. The molecule has 2 aliphatic rings. The summed E-state index contributed by atoms with van der Waals surface area (Å²) in [6, 6.07) is 3.82. The van der Waals surface area contributed by atoms with Crippen molar-refractivity contribution < 1.29 is 4.79 Å². The lowest BCUT2D eigenvalue weighted by Crippen LogP contribution is -2.46. The van der Waals surface area contributed by atoms with Gasteiger partial charge in [-0.15, -0.1) is 10.2 Å². The molecule has 2 aromatic heterocycles. The third-order valence-electron chi connectivity index (χ3n) is 5.07. The number of pyridine rings is 1. The molecule has 6 nitrogen and oxygen atoms in total. The van der Waals surface area contributed by atoms with Crippen LogP contribution in [0.15, 0.2) is 18.3 Å². The van der Waals surface area contributed by atoms with Crippen LogP contribution in [0, 0.1) is 0 Å². The summed E-state index contributed by atoms with van der Waals surface area (Å²) in [4.78, 5) is 14.7. The summed E-state index contributed by atoms with van der Waals surface area (Å²) in [6.07, 6.45) is 8.19. The summed E-state index contributed by atoms with van der Waals surface area (Å²) in [7, 11) is 0. The summed E-state index contributed by atoms with van der Waals surface area (Å²) < 4.78 is 2.03. The van der Waals surface area contributed by atoms with Gasteiger partial charge in [0, 0.05) is 38.3 Å². The molecule has 1 amide bonds. The number of fused-ring (bicyclic) bond motifs is 1. The van der Waals surface area contributed by atoms with Gasteiger partial charge in [0.2, 0.25) is 0 Å². The van der Waals surface area contributed by atoms with E-state index in [0.29, 0.717) is 17.1 Å². The van der Waals surface area contributed by atoms with Crippen LogP contribution in [0.1, 0.15) is 54.2 Å². The molecule has 3 heterocycles. The highest BCUT2D eigenvalue weighted by atomic mass is 16.2. The first-order valence-corrected chi connectivity index (χ1v) is 8.68. The Hall–Kier alpha value is -1.95. The number of hydrogen-bond acceptors (Lipinski definition) is 4. The predicted molar refractivity (Wildman–Crippen MR) is 87.6 cm³/mol. The molecule has 0 spiro atoms. The minimum Gasteiger partial charge on any atom is -0.336 e. The molecule has 0 unspecified atom stereocenters. The normalized spacial score (nSPS) is 20.1. The molecule has 1 N–H and O–H groups in total. The van der Waals surface area contributed by atoms with Gasteiger partial charge in [-0.1, -0.05) is 19.3 Å². The van der Waals surface area contributed by atoms with Crippen molar-refractivity contribution in [2.75, 3.05) is 26.2 Å². The van der Waals surface area contributed by atoms with Crippen LogP contribution >= 0.6 is 0 Å². The van der Waals surface area contributed by atoms with Crippen molar-refractivity contribution in [3.8, 4) is 0 Å². The minimum absolute atomic E-state index is 0.0692. The maximum Gasteiger partial charge on any atom is 0.257 e. The second-order valence-corrected chi connectivity index (χ2v) is 6.55. The topological polar surface area (TPSA) is 62.5 Å². The van der Waals surface area contributed by atoms with Crippen LogP contribution in [0.2, 0.25) is 0 Å². The molecule has 1 saturated heterocycles. The van der Waals surface area contributed by atoms with Crippen LogP contribution < -0.4 is 5.32 Å². The fourth-order valence-corrected chi connectivity index (χ4v) is 3.78. The van der Waals surface area contributed by atoms with Crippen molar-refractivity contribution in [1.82, 2.24) is 24.8 Å². The molecule has 0 atom stereocenters. The van der Waals surface area contributed by atoms with Gasteiger partial charge in [0.05, 0.1) is 5.56 Å². The van der Waals surface area contributed by atoms with Gasteiger partial charge in [-0.05, 0) is 25.0 Å². The largest absolute Gasteiger partial charge is 0.336 e. The van der Waals surface area contributed by atoms with Crippen LogP contribution in [0.5, 0.6) is 0 Å². The van der Waals surface area contributed by atoms with Gasteiger partial charge in [-0.2, -0.15) is 0 Å². The van der Waals surface area contributed by atoms with Gasteiger partial charge in [0.25, 0.3) is 5.91 Å². The zero-order chi connectivity index (χ0) is 15.6. The van der Waals surface area contributed by atoms with Crippen LogP contribution in [0.3, 0.4) is 0 Å². The number of hydrogen-bond donors (Lipinski definition) is 1. The smallest absolute Gasteiger partial charge is 0.257 e. The third kappa shape index (κ3) is 2.72. The minimum atomic E-state index is 0.0692. The van der Waals surface area contributed by atoms with E-state index in [-0.39, 0.29) is 5.91 Å². The van der Waals surface area contributed by atoms with Crippen molar-refractivity contribution in [1.29, 1.82) is 0 Å². The Bertz CT molecular complexity index is 698. The van der Waals surface area contributed by atoms with Crippen molar-refractivity contribution >= 4 is 11.6 Å². The number of amides is 1. The fraction of sp³-hybridized carbons (Fsp3) is 0.588. The number of aromatic nitrogens is 3. The lowest BCUT2D eigenvalue weighted by molar-refractivity contribution is 0.0737. The Balaban J connectivity index is 1.68. The van der Waals surface area contributed by atoms with E-state index in [1.807, 2.05) is 27.6 Å². The monoisotopic (exact) mass is 313 g/mol. The summed E-state index contributed by atoms with van der Waals surface area (Å²) >= 11 is 0. The molecule has 2 aromatic rings. The molecule has 1 saturated carbocycles. The zero-order valence-electron chi connectivity index (χ0n) is 13.4. The van der Waals surface area contributed by atoms with Crippen molar-refractivity contribution in [2.45, 2.75) is 38.0 Å². The number of carbonyl (C=O) groups is 1. The van der Waals surface area contributed by atoms with Crippen molar-refractivity contribution in [3.05, 3.63) is 29.7 Å². The fourth-order valence-electron chi connectivity index (χ4n) is 3.78. The molecule has 1 aliphatic carbocycles. The summed E-state index contributed by atoms with van der Waals surface area (Å²) in [6.45, 7) is 3.22. The van der Waals surface area contributed by atoms with E-state index in [1.54, 1.807) is 0 Å². The van der Waals surface area contributed by atoms with Crippen LogP contribution in [0.4, 0.5) is 0 Å². The SMILES string of the molecule is O=C(c1cccn2c(C3CCCCC3)nnc12)N1CCNCC1. The highest BCUT2D eigenvalue weighted by Gasteiger charge is 2.25. The van der Waals surface area contributed by atoms with E-state index < -0.39 is 0 Å². The van der Waals surface area contributed by atoms with E-state index >= 15 is 0 Å². The molecular weight excluding hydrogens is 290 g/mol. The van der Waals surface area contributed by atoms with Gasteiger partial charge in [0.15, 0.2) is 5.65 Å². The molecule has 4 rings (SSSR count). The van der Waals surface area contributed by atoms with Crippen molar-refractivity contribution in [3.63, 3.8) is 0 Å². The number of nitrogens with one attached hydrogen (secondary N) is 1. The molecule has 2 fully saturated rings. The molecule has 122 valence electrons. The average Bonchev–Trinajstić information content (AvgIpc) is 3.07. The lowest BCUT2D eigenvalue weighted by Gasteiger charge is -2.27. The van der Waals surface area contributed by atoms with Crippen LogP contribution in [0.25, 0.3) is 5.65 Å². The summed E-state index contributed by atoms with van der Waals surface area (Å²) in [5.74, 6) is 1.57. The molecule has 0 aromatic carbocycles. The Morgan fingerprint density at radius 1 is 1.13 bits per heavy atom. The van der Waals surface area contributed by atoms with E-state index in [2.05, 4.69) is 15.5 Å². The first kappa shape index (κ1) is 14.6. The Morgan fingerprint density at radius 3 is 2.70 bits per heavy atom. The van der Waals surface area contributed by atoms with Gasteiger partial charge < -0.3 is 10.2 Å². The quantitative estimate of drug-likeness (QED) is 0.919. The summed E-state index contributed by atoms with van der Waals surface area (Å²) in [5.41, 5.74) is 1.38. The number of piperazine rings is 1. The Kier molecular flexibility index (Phi) is 3.99. The number of rotatable bonds is 2. The molecule has 6 heteroatoms. The van der Waals surface area contributed by atoms with E-state index in [0.717, 1.165) is 32.0 Å². The lowest BCUT2D eigenvalue weighted by atomic mass is 9.89. The predicted octanol–water partition coefficient (Wildman–Crippen LogP) is 1.82. The van der Waals surface area contributed by atoms with Gasteiger partial charge in [-0.25, -0.2) is 0 Å². The van der Waals surface area contributed by atoms with E-state index in [1.165, 1.54) is 32.1 Å². The molecule has 0 bridgehead atoms. The standard InChI is InChI=1S/C17H23N5O/c23-17(21-11-8-18-9-12-21)14-7-4-10-22-15(19-20-16(14)22)13-5-2-1-3-6-13/h4,7,10,13,18H,1-3,5-6,8-9,11-12H2. The highest BCUT2D eigenvalue weighted by Crippen LogP contribution is 2.32. The molecule has 1 aliphatic heterocycles. The number of carbonyl (C=O) groups excluding carboxylic acids is 1. The zero-order valence-corrected chi connectivity index (χ0v) is 13.4. The molecule has 0 radical (unpaired) electrons.